The molecule has 1 saturated carbocycles. The van der Waals surface area contributed by atoms with Crippen molar-refractivity contribution in [1.82, 2.24) is 15.5 Å². The highest BCUT2D eigenvalue weighted by molar-refractivity contribution is 7.91. The van der Waals surface area contributed by atoms with Crippen molar-refractivity contribution in [3.05, 3.63) is 65.7 Å². The van der Waals surface area contributed by atoms with Crippen molar-refractivity contribution in [2.45, 2.75) is 67.7 Å². The fraction of sp³-hybridized carbons (Fsp3) is 0.483. The summed E-state index contributed by atoms with van der Waals surface area (Å²) in [5.41, 5.74) is -1.18. The second-order valence-electron chi connectivity index (χ2n) is 10.7. The van der Waals surface area contributed by atoms with Gasteiger partial charge in [-0.2, -0.15) is 13.2 Å². The number of nitrogens with one attached hydrogen (secondary N) is 2. The predicted molar refractivity (Wildman–Crippen MR) is 151 cm³/mol. The number of carbonyl (C=O) groups is 3. The fourth-order valence-corrected chi connectivity index (χ4v) is 7.56. The molecule has 2 fully saturated rings. The van der Waals surface area contributed by atoms with Crippen LogP contribution in [0.4, 0.5) is 13.2 Å². The minimum absolute atomic E-state index is 0.163. The van der Waals surface area contributed by atoms with Gasteiger partial charge >= 0.3 is 6.18 Å². The van der Waals surface area contributed by atoms with Gasteiger partial charge in [-0.05, 0) is 68.4 Å². The van der Waals surface area contributed by atoms with E-state index >= 15 is 0 Å². The minimum Gasteiger partial charge on any atom is -0.353 e. The van der Waals surface area contributed by atoms with E-state index in [4.69, 9.17) is 11.6 Å². The van der Waals surface area contributed by atoms with Gasteiger partial charge in [-0.15, -0.1) is 11.6 Å². The Bertz CT molecular complexity index is 1390. The number of benzene rings is 2. The van der Waals surface area contributed by atoms with Crippen molar-refractivity contribution in [2.75, 3.05) is 18.2 Å². The summed E-state index contributed by atoms with van der Waals surface area (Å²) in [6.07, 6.45) is -2.29. The molecule has 1 aliphatic heterocycles. The molecule has 0 aromatic heterocycles. The molecule has 3 amide bonds. The number of likely N-dealkylation sites (tertiary alicyclic amines) is 1. The van der Waals surface area contributed by atoms with Crippen LogP contribution < -0.4 is 10.6 Å². The highest BCUT2D eigenvalue weighted by atomic mass is 35.5. The summed E-state index contributed by atoms with van der Waals surface area (Å²) in [4.78, 5) is 40.3. The molecule has 1 saturated heterocycles. The molecule has 2 aliphatic rings. The molecule has 2 N–H and O–H groups in total. The SMILES string of the molecule is O=C(CCCCl)N[C@@H]1CC[C@H](N2CCC(NC(=O)c3cccc(C(F)(F)F)c3)C2=O)[C@H](CS(=O)(=O)c2ccccc2)C1. The monoisotopic (exact) mass is 627 g/mol. The number of nitrogens with zero attached hydrogens (tertiary/aromatic N) is 1. The van der Waals surface area contributed by atoms with E-state index in [1.165, 1.54) is 18.2 Å². The summed E-state index contributed by atoms with van der Waals surface area (Å²) in [7, 11) is -3.72. The third kappa shape index (κ3) is 7.83. The molecule has 1 unspecified atom stereocenters. The molecule has 0 spiro atoms. The molecule has 1 heterocycles. The zero-order valence-corrected chi connectivity index (χ0v) is 24.4. The Morgan fingerprint density at radius 3 is 2.43 bits per heavy atom. The molecule has 13 heteroatoms. The Morgan fingerprint density at radius 2 is 1.74 bits per heavy atom. The third-order valence-corrected chi connectivity index (χ3v) is 9.90. The Balaban J connectivity index is 1.49. The molecule has 1 aliphatic carbocycles. The van der Waals surface area contributed by atoms with Crippen LogP contribution in [-0.2, 0) is 25.6 Å². The van der Waals surface area contributed by atoms with Crippen molar-refractivity contribution < 1.29 is 36.0 Å². The molecule has 2 aromatic carbocycles. The highest BCUT2D eigenvalue weighted by Gasteiger charge is 2.44. The molecule has 0 radical (unpaired) electrons. The molecule has 228 valence electrons. The van der Waals surface area contributed by atoms with E-state index in [-0.39, 0.29) is 47.5 Å². The van der Waals surface area contributed by atoms with Crippen molar-refractivity contribution >= 4 is 39.2 Å². The number of halogens is 4. The Kier molecular flexibility index (Phi) is 10.2. The van der Waals surface area contributed by atoms with Crippen molar-refractivity contribution in [2.24, 2.45) is 5.92 Å². The Labute approximate surface area is 247 Å². The van der Waals surface area contributed by atoms with Crippen molar-refractivity contribution in [3.63, 3.8) is 0 Å². The fourth-order valence-electron chi connectivity index (χ4n) is 5.75. The molecule has 4 atom stereocenters. The lowest BCUT2D eigenvalue weighted by molar-refractivity contribution is -0.137. The van der Waals surface area contributed by atoms with Crippen LogP contribution in [0.5, 0.6) is 0 Å². The quantitative estimate of drug-likeness (QED) is 0.384. The number of rotatable bonds is 10. The van der Waals surface area contributed by atoms with Gasteiger partial charge in [0.05, 0.1) is 16.2 Å². The highest BCUT2D eigenvalue weighted by Crippen LogP contribution is 2.34. The molecule has 0 bridgehead atoms. The lowest BCUT2D eigenvalue weighted by Gasteiger charge is -2.41. The van der Waals surface area contributed by atoms with Gasteiger partial charge in [-0.25, -0.2) is 8.42 Å². The minimum atomic E-state index is -4.62. The van der Waals surface area contributed by atoms with E-state index in [0.29, 0.717) is 31.6 Å². The molecular formula is C29H33ClF3N3O5S. The first-order valence-electron chi connectivity index (χ1n) is 13.8. The van der Waals surface area contributed by atoms with Gasteiger partial charge in [0.25, 0.3) is 5.91 Å². The maximum atomic E-state index is 13.5. The van der Waals surface area contributed by atoms with Crippen LogP contribution in [0.25, 0.3) is 0 Å². The Morgan fingerprint density at radius 1 is 1.00 bits per heavy atom. The second-order valence-corrected chi connectivity index (χ2v) is 13.1. The standard InChI is InChI=1S/C29H33ClF3N3O5S/c30-14-5-10-26(37)34-22-11-12-25(20(17-22)18-42(40,41)23-8-2-1-3-9-23)36-15-13-24(28(36)39)35-27(38)19-6-4-7-21(16-19)29(31,32)33/h1-4,6-9,16,20,22,24-25H,5,10-15,17-18H2,(H,34,37)(H,35,38)/t20-,22+,24?,25-/m0/s1. The van der Waals surface area contributed by atoms with Crippen molar-refractivity contribution in [1.29, 1.82) is 0 Å². The number of amides is 3. The van der Waals surface area contributed by atoms with Gasteiger partial charge in [0.2, 0.25) is 11.8 Å². The second kappa shape index (κ2) is 13.5. The lowest BCUT2D eigenvalue weighted by atomic mass is 9.81. The first-order chi connectivity index (χ1) is 19.9. The summed E-state index contributed by atoms with van der Waals surface area (Å²) >= 11 is 5.70. The van der Waals surface area contributed by atoms with Crippen LogP contribution in [0.15, 0.2) is 59.5 Å². The third-order valence-electron chi connectivity index (χ3n) is 7.78. The van der Waals surface area contributed by atoms with Crippen LogP contribution in [0.2, 0.25) is 0 Å². The van der Waals surface area contributed by atoms with E-state index in [1.807, 2.05) is 0 Å². The molecule has 8 nitrogen and oxygen atoms in total. The van der Waals surface area contributed by atoms with E-state index in [1.54, 1.807) is 23.1 Å². The van der Waals surface area contributed by atoms with Gasteiger partial charge < -0.3 is 15.5 Å². The van der Waals surface area contributed by atoms with Gasteiger partial charge in [0, 0.05) is 36.5 Å². The number of sulfone groups is 1. The van der Waals surface area contributed by atoms with Gasteiger partial charge in [0.15, 0.2) is 9.84 Å². The maximum absolute atomic E-state index is 13.5. The summed E-state index contributed by atoms with van der Waals surface area (Å²) in [6.45, 7) is 0.256. The summed E-state index contributed by atoms with van der Waals surface area (Å²) in [6, 6.07) is 10.3. The summed E-state index contributed by atoms with van der Waals surface area (Å²) in [5, 5.41) is 5.52. The Hall–Kier alpha value is -3.12. The maximum Gasteiger partial charge on any atom is 0.416 e. The largest absolute Gasteiger partial charge is 0.416 e. The molecule has 42 heavy (non-hydrogen) atoms. The molecular weight excluding hydrogens is 595 g/mol. The normalized spacial score (nSPS) is 23.0. The van der Waals surface area contributed by atoms with Crippen LogP contribution in [-0.4, -0.2) is 67.3 Å². The van der Waals surface area contributed by atoms with Gasteiger partial charge in [-0.3, -0.25) is 14.4 Å². The summed E-state index contributed by atoms with van der Waals surface area (Å²) in [5.74, 6) is -1.76. The zero-order chi connectivity index (χ0) is 30.5. The number of hydrogen-bond donors (Lipinski definition) is 2. The first-order valence-corrected chi connectivity index (χ1v) is 16.0. The van der Waals surface area contributed by atoms with Crippen LogP contribution >= 0.6 is 11.6 Å². The average molecular weight is 628 g/mol. The smallest absolute Gasteiger partial charge is 0.353 e. The van der Waals surface area contributed by atoms with Crippen LogP contribution in [0, 0.1) is 5.92 Å². The molecule has 2 aromatic rings. The predicted octanol–water partition coefficient (Wildman–Crippen LogP) is 4.18. The molecule has 4 rings (SSSR count). The van der Waals surface area contributed by atoms with E-state index in [2.05, 4.69) is 10.6 Å². The summed E-state index contributed by atoms with van der Waals surface area (Å²) < 4.78 is 66.0. The topological polar surface area (TPSA) is 113 Å². The van der Waals surface area contributed by atoms with E-state index in [9.17, 15) is 36.0 Å². The van der Waals surface area contributed by atoms with E-state index in [0.717, 1.165) is 18.2 Å². The van der Waals surface area contributed by atoms with Crippen molar-refractivity contribution in [3.8, 4) is 0 Å². The average Bonchev–Trinajstić information content (AvgIpc) is 3.31. The van der Waals surface area contributed by atoms with Gasteiger partial charge in [-0.1, -0.05) is 24.3 Å². The lowest BCUT2D eigenvalue weighted by Crippen LogP contribution is -2.52. The first kappa shape index (κ1) is 31.8. The van der Waals surface area contributed by atoms with E-state index < -0.39 is 51.4 Å². The number of alkyl halides is 4. The van der Waals surface area contributed by atoms with Crippen LogP contribution in [0.3, 0.4) is 0 Å². The zero-order valence-electron chi connectivity index (χ0n) is 22.8. The van der Waals surface area contributed by atoms with Crippen LogP contribution in [0.1, 0.15) is 54.4 Å². The van der Waals surface area contributed by atoms with Gasteiger partial charge in [0.1, 0.15) is 6.04 Å². The number of hydrogen-bond acceptors (Lipinski definition) is 5. The number of carbonyl (C=O) groups excluding carboxylic acids is 3.